The van der Waals surface area contributed by atoms with Crippen LogP contribution in [0.4, 0.5) is 13.2 Å². The fourth-order valence-electron chi connectivity index (χ4n) is 2.93. The maximum absolute atomic E-state index is 12.8. The molecule has 0 heterocycles. The number of rotatable bonds is 7. The Hall–Kier alpha value is -1.72. The SMILES string of the molecule is CCOCCc1cc(-c2c(Cl)cccc2OC(F)(F)F)cc(CC)c1C. The van der Waals surface area contributed by atoms with Crippen LogP contribution in [0.3, 0.4) is 0 Å². The number of halogens is 4. The second kappa shape index (κ2) is 8.78. The van der Waals surface area contributed by atoms with Gasteiger partial charge in [-0.3, -0.25) is 0 Å². The van der Waals surface area contributed by atoms with Crippen molar-refractivity contribution in [2.24, 2.45) is 0 Å². The first kappa shape index (κ1) is 20.6. The highest BCUT2D eigenvalue weighted by molar-refractivity contribution is 6.33. The van der Waals surface area contributed by atoms with E-state index in [0.717, 1.165) is 23.1 Å². The van der Waals surface area contributed by atoms with E-state index in [-0.39, 0.29) is 16.3 Å². The van der Waals surface area contributed by atoms with Crippen LogP contribution in [0.2, 0.25) is 5.02 Å². The molecular weight excluding hydrogens is 365 g/mol. The van der Waals surface area contributed by atoms with E-state index >= 15 is 0 Å². The first-order chi connectivity index (χ1) is 12.3. The molecule has 0 saturated carbocycles. The van der Waals surface area contributed by atoms with Crippen molar-refractivity contribution in [1.29, 1.82) is 0 Å². The van der Waals surface area contributed by atoms with E-state index in [1.165, 1.54) is 12.1 Å². The minimum Gasteiger partial charge on any atom is -0.405 e. The van der Waals surface area contributed by atoms with Crippen LogP contribution in [0.15, 0.2) is 30.3 Å². The Kier molecular flexibility index (Phi) is 6.95. The molecule has 0 aliphatic heterocycles. The zero-order valence-electron chi connectivity index (χ0n) is 15.0. The summed E-state index contributed by atoms with van der Waals surface area (Å²) in [5.74, 6) is -0.299. The number of benzene rings is 2. The van der Waals surface area contributed by atoms with Gasteiger partial charge in [0.25, 0.3) is 0 Å². The Morgan fingerprint density at radius 3 is 2.38 bits per heavy atom. The summed E-state index contributed by atoms with van der Waals surface area (Å²) in [6, 6.07) is 8.03. The largest absolute Gasteiger partial charge is 0.573 e. The molecule has 0 aliphatic carbocycles. The lowest BCUT2D eigenvalue weighted by molar-refractivity contribution is -0.274. The molecule has 0 saturated heterocycles. The Morgan fingerprint density at radius 1 is 1.08 bits per heavy atom. The fraction of sp³-hybridized carbons (Fsp3) is 0.400. The van der Waals surface area contributed by atoms with E-state index in [2.05, 4.69) is 4.74 Å². The lowest BCUT2D eigenvalue weighted by Crippen LogP contribution is -2.17. The van der Waals surface area contributed by atoms with Gasteiger partial charge in [-0.25, -0.2) is 0 Å². The van der Waals surface area contributed by atoms with Crippen molar-refractivity contribution in [2.45, 2.75) is 40.0 Å². The molecular formula is C20H22ClF3O2. The monoisotopic (exact) mass is 386 g/mol. The highest BCUT2D eigenvalue weighted by Crippen LogP contribution is 2.40. The lowest BCUT2D eigenvalue weighted by atomic mass is 9.92. The average molecular weight is 387 g/mol. The summed E-state index contributed by atoms with van der Waals surface area (Å²) >= 11 is 6.24. The summed E-state index contributed by atoms with van der Waals surface area (Å²) in [5, 5.41) is 0.216. The third-order valence-corrected chi connectivity index (χ3v) is 4.53. The standard InChI is InChI=1S/C20H22ClF3O2/c1-4-14-11-16(12-15(13(14)3)9-10-25-5-2)19-17(21)7-6-8-18(19)26-20(22,23)24/h6-8,11-12H,4-5,9-10H2,1-3H3. The van der Waals surface area contributed by atoms with Gasteiger partial charge in [-0.1, -0.05) is 36.7 Å². The molecule has 0 aromatic heterocycles. The predicted molar refractivity (Wildman–Crippen MR) is 97.9 cm³/mol. The molecule has 2 rings (SSSR count). The Balaban J connectivity index is 2.55. The van der Waals surface area contributed by atoms with Gasteiger partial charge in [-0.15, -0.1) is 13.2 Å². The highest BCUT2D eigenvalue weighted by atomic mass is 35.5. The van der Waals surface area contributed by atoms with Crippen LogP contribution >= 0.6 is 11.6 Å². The van der Waals surface area contributed by atoms with Crippen LogP contribution in [-0.4, -0.2) is 19.6 Å². The van der Waals surface area contributed by atoms with Crippen LogP contribution in [0.25, 0.3) is 11.1 Å². The zero-order valence-corrected chi connectivity index (χ0v) is 15.8. The van der Waals surface area contributed by atoms with Crippen LogP contribution in [0.5, 0.6) is 5.75 Å². The minimum absolute atomic E-state index is 0.216. The number of hydrogen-bond acceptors (Lipinski definition) is 2. The molecule has 0 bridgehead atoms. The number of aryl methyl sites for hydroxylation is 1. The number of ether oxygens (including phenoxy) is 2. The van der Waals surface area contributed by atoms with Gasteiger partial charge in [-0.2, -0.15) is 0 Å². The van der Waals surface area contributed by atoms with E-state index in [0.29, 0.717) is 25.2 Å². The molecule has 0 fully saturated rings. The second-order valence-electron chi connectivity index (χ2n) is 5.88. The van der Waals surface area contributed by atoms with Gasteiger partial charge in [-0.05, 0) is 61.1 Å². The van der Waals surface area contributed by atoms with Crippen molar-refractivity contribution >= 4 is 11.6 Å². The summed E-state index contributed by atoms with van der Waals surface area (Å²) in [6.07, 6.45) is -3.34. The molecule has 2 aromatic carbocycles. The van der Waals surface area contributed by atoms with Crippen LogP contribution in [0, 0.1) is 6.92 Å². The van der Waals surface area contributed by atoms with Gasteiger partial charge in [0.05, 0.1) is 11.6 Å². The molecule has 0 spiro atoms. The van der Waals surface area contributed by atoms with Crippen molar-refractivity contribution in [3.8, 4) is 16.9 Å². The van der Waals surface area contributed by atoms with Crippen LogP contribution in [-0.2, 0) is 17.6 Å². The first-order valence-corrected chi connectivity index (χ1v) is 8.89. The summed E-state index contributed by atoms with van der Waals surface area (Å²) in [4.78, 5) is 0. The maximum atomic E-state index is 12.8. The van der Waals surface area contributed by atoms with Crippen molar-refractivity contribution in [2.75, 3.05) is 13.2 Å². The van der Waals surface area contributed by atoms with Gasteiger partial charge >= 0.3 is 6.36 Å². The predicted octanol–water partition coefficient (Wildman–Crippen LogP) is 6.36. The molecule has 26 heavy (non-hydrogen) atoms. The van der Waals surface area contributed by atoms with Crippen molar-refractivity contribution in [3.05, 3.63) is 52.0 Å². The summed E-state index contributed by atoms with van der Waals surface area (Å²) in [7, 11) is 0. The summed E-state index contributed by atoms with van der Waals surface area (Å²) < 4.78 is 48.0. The molecule has 0 aliphatic rings. The third-order valence-electron chi connectivity index (χ3n) is 4.21. The van der Waals surface area contributed by atoms with Gasteiger partial charge in [0.2, 0.25) is 0 Å². The molecule has 2 aromatic rings. The smallest absolute Gasteiger partial charge is 0.405 e. The van der Waals surface area contributed by atoms with Crippen LogP contribution < -0.4 is 4.74 Å². The normalized spacial score (nSPS) is 11.7. The van der Waals surface area contributed by atoms with Crippen molar-refractivity contribution in [3.63, 3.8) is 0 Å². The Labute approximate surface area is 156 Å². The first-order valence-electron chi connectivity index (χ1n) is 8.51. The number of hydrogen-bond donors (Lipinski definition) is 0. The van der Waals surface area contributed by atoms with Gasteiger partial charge in [0.1, 0.15) is 5.75 Å². The molecule has 0 radical (unpaired) electrons. The van der Waals surface area contributed by atoms with E-state index in [1.54, 1.807) is 6.07 Å². The molecule has 0 atom stereocenters. The van der Waals surface area contributed by atoms with Crippen molar-refractivity contribution < 1.29 is 22.6 Å². The maximum Gasteiger partial charge on any atom is 0.573 e. The van der Waals surface area contributed by atoms with Gasteiger partial charge in [0, 0.05) is 12.2 Å². The minimum atomic E-state index is -4.78. The summed E-state index contributed by atoms with van der Waals surface area (Å²) in [6.45, 7) is 7.12. The van der Waals surface area contributed by atoms with Gasteiger partial charge in [0.15, 0.2) is 0 Å². The zero-order chi connectivity index (χ0) is 19.3. The van der Waals surface area contributed by atoms with Gasteiger partial charge < -0.3 is 9.47 Å². The molecule has 0 unspecified atom stereocenters. The molecule has 0 amide bonds. The Bertz CT molecular complexity index is 757. The van der Waals surface area contributed by atoms with E-state index < -0.39 is 6.36 Å². The van der Waals surface area contributed by atoms with Crippen molar-refractivity contribution in [1.82, 2.24) is 0 Å². The molecule has 6 heteroatoms. The second-order valence-corrected chi connectivity index (χ2v) is 6.29. The Morgan fingerprint density at radius 2 is 1.77 bits per heavy atom. The quantitative estimate of drug-likeness (QED) is 0.516. The highest BCUT2D eigenvalue weighted by Gasteiger charge is 2.32. The lowest BCUT2D eigenvalue weighted by Gasteiger charge is -2.18. The number of alkyl halides is 3. The molecule has 142 valence electrons. The molecule has 2 nitrogen and oxygen atoms in total. The topological polar surface area (TPSA) is 18.5 Å². The summed E-state index contributed by atoms with van der Waals surface area (Å²) in [5.41, 5.74) is 4.08. The van der Waals surface area contributed by atoms with E-state index in [4.69, 9.17) is 16.3 Å². The fourth-order valence-corrected chi connectivity index (χ4v) is 3.21. The van der Waals surface area contributed by atoms with E-state index in [1.807, 2.05) is 32.9 Å². The van der Waals surface area contributed by atoms with E-state index in [9.17, 15) is 13.2 Å². The average Bonchev–Trinajstić information content (AvgIpc) is 2.55. The van der Waals surface area contributed by atoms with Crippen LogP contribution in [0.1, 0.15) is 30.5 Å². The third kappa shape index (κ3) is 5.15. The molecule has 0 N–H and O–H groups in total.